The van der Waals surface area contributed by atoms with Crippen LogP contribution < -0.4 is 10.2 Å². The lowest BCUT2D eigenvalue weighted by atomic mass is 9.98. The number of halogens is 1. The van der Waals surface area contributed by atoms with Crippen molar-refractivity contribution in [3.63, 3.8) is 0 Å². The number of aryl methyl sites for hydroxylation is 1. The van der Waals surface area contributed by atoms with Gasteiger partial charge in [0.05, 0.1) is 5.69 Å². The van der Waals surface area contributed by atoms with E-state index in [0.717, 1.165) is 18.8 Å². The second-order valence-corrected chi connectivity index (χ2v) is 5.65. The average molecular weight is 236 g/mol. The lowest BCUT2D eigenvalue weighted by molar-refractivity contribution is 0.316. The maximum Gasteiger partial charge on any atom is 0.149 e. The summed E-state index contributed by atoms with van der Waals surface area (Å²) in [5, 5.41) is 3.48. The average Bonchev–Trinajstić information content (AvgIpc) is 2.26. The zero-order valence-electron chi connectivity index (χ0n) is 11.0. The van der Waals surface area contributed by atoms with E-state index in [9.17, 15) is 4.39 Å². The molecule has 2 nitrogen and oxygen atoms in total. The van der Waals surface area contributed by atoms with Gasteiger partial charge in [0, 0.05) is 24.7 Å². The fourth-order valence-electron chi connectivity index (χ4n) is 2.35. The number of hydrogen-bond donors (Lipinski definition) is 1. The Morgan fingerprint density at radius 3 is 2.82 bits per heavy atom. The zero-order valence-corrected chi connectivity index (χ0v) is 11.0. The molecule has 0 radical (unpaired) electrons. The monoisotopic (exact) mass is 236 g/mol. The summed E-state index contributed by atoms with van der Waals surface area (Å²) in [4.78, 5) is 2.17. The number of hydrogen-bond acceptors (Lipinski definition) is 2. The highest BCUT2D eigenvalue weighted by atomic mass is 19.1. The van der Waals surface area contributed by atoms with Crippen molar-refractivity contribution < 1.29 is 4.39 Å². The van der Waals surface area contributed by atoms with E-state index < -0.39 is 0 Å². The summed E-state index contributed by atoms with van der Waals surface area (Å²) in [6, 6.07) is 5.94. The van der Waals surface area contributed by atoms with E-state index in [4.69, 9.17) is 0 Å². The van der Waals surface area contributed by atoms with Crippen LogP contribution in [0.2, 0.25) is 0 Å². The molecule has 1 aliphatic heterocycles. The first kappa shape index (κ1) is 12.4. The molecule has 1 unspecified atom stereocenters. The molecule has 3 heteroatoms. The summed E-state index contributed by atoms with van der Waals surface area (Å²) < 4.78 is 14.1. The molecule has 0 aliphatic carbocycles. The molecule has 1 heterocycles. The van der Waals surface area contributed by atoms with Crippen LogP contribution in [-0.2, 0) is 0 Å². The summed E-state index contributed by atoms with van der Waals surface area (Å²) >= 11 is 0. The van der Waals surface area contributed by atoms with Crippen LogP contribution in [0.15, 0.2) is 18.2 Å². The second-order valence-electron chi connectivity index (χ2n) is 5.65. The van der Waals surface area contributed by atoms with E-state index in [0.29, 0.717) is 11.6 Å². The molecule has 1 N–H and O–H groups in total. The number of rotatable bonds is 1. The molecule has 17 heavy (non-hydrogen) atoms. The van der Waals surface area contributed by atoms with E-state index in [-0.39, 0.29) is 11.4 Å². The van der Waals surface area contributed by atoms with Crippen molar-refractivity contribution in [1.82, 2.24) is 5.32 Å². The van der Waals surface area contributed by atoms with Gasteiger partial charge in [0.1, 0.15) is 5.82 Å². The highest BCUT2D eigenvalue weighted by Crippen LogP contribution is 2.27. The molecule has 0 bridgehead atoms. The molecule has 1 saturated heterocycles. The molecule has 1 aliphatic rings. The third kappa shape index (κ3) is 2.44. The van der Waals surface area contributed by atoms with Gasteiger partial charge in [-0.3, -0.25) is 0 Å². The third-order valence-electron chi connectivity index (χ3n) is 3.45. The van der Waals surface area contributed by atoms with E-state index in [1.165, 1.54) is 0 Å². The fraction of sp³-hybridized carbons (Fsp3) is 0.571. The standard InChI is InChI=1S/C14H21FN2/c1-10-6-5-7-12(13(10)15)17-9-14(3,4)16-8-11(17)2/h5-7,11,16H,8-9H2,1-4H3. The van der Waals surface area contributed by atoms with Gasteiger partial charge in [-0.05, 0) is 39.3 Å². The Balaban J connectivity index is 2.34. The Kier molecular flexibility index (Phi) is 3.13. The van der Waals surface area contributed by atoms with Crippen LogP contribution in [0.1, 0.15) is 26.3 Å². The van der Waals surface area contributed by atoms with Gasteiger partial charge in [-0.15, -0.1) is 0 Å². The topological polar surface area (TPSA) is 15.3 Å². The van der Waals surface area contributed by atoms with Gasteiger partial charge in [-0.25, -0.2) is 4.39 Å². The molecule has 0 aromatic heterocycles. The molecular weight excluding hydrogens is 215 g/mol. The predicted molar refractivity (Wildman–Crippen MR) is 70.0 cm³/mol. The molecule has 0 saturated carbocycles. The van der Waals surface area contributed by atoms with Crippen LogP contribution in [0.3, 0.4) is 0 Å². The smallest absolute Gasteiger partial charge is 0.149 e. The molecule has 94 valence electrons. The molecule has 1 fully saturated rings. The minimum Gasteiger partial charge on any atom is -0.363 e. The molecule has 2 rings (SSSR count). The van der Waals surface area contributed by atoms with Crippen LogP contribution in [0.25, 0.3) is 0 Å². The summed E-state index contributed by atoms with van der Waals surface area (Å²) in [5.74, 6) is -0.0861. The van der Waals surface area contributed by atoms with Crippen LogP contribution in [0.5, 0.6) is 0 Å². The first-order chi connectivity index (χ1) is 7.91. The van der Waals surface area contributed by atoms with Crippen LogP contribution in [-0.4, -0.2) is 24.7 Å². The summed E-state index contributed by atoms with van der Waals surface area (Å²) in [5.41, 5.74) is 1.47. The number of piperazine rings is 1. The van der Waals surface area contributed by atoms with Gasteiger partial charge in [0.2, 0.25) is 0 Å². The lowest BCUT2D eigenvalue weighted by Crippen LogP contribution is -2.61. The fourth-order valence-corrected chi connectivity index (χ4v) is 2.35. The van der Waals surface area contributed by atoms with Gasteiger partial charge in [0.25, 0.3) is 0 Å². The molecular formula is C14H21FN2. The van der Waals surface area contributed by atoms with Gasteiger partial charge in [0.15, 0.2) is 0 Å². The quantitative estimate of drug-likeness (QED) is 0.806. The number of benzene rings is 1. The SMILES string of the molecule is Cc1cccc(N2CC(C)(C)NCC2C)c1F. The third-order valence-corrected chi connectivity index (χ3v) is 3.45. The van der Waals surface area contributed by atoms with E-state index >= 15 is 0 Å². The highest BCUT2D eigenvalue weighted by Gasteiger charge is 2.31. The van der Waals surface area contributed by atoms with E-state index in [1.807, 2.05) is 25.1 Å². The van der Waals surface area contributed by atoms with Crippen LogP contribution in [0.4, 0.5) is 10.1 Å². The highest BCUT2D eigenvalue weighted by molar-refractivity contribution is 5.52. The molecule has 0 spiro atoms. The molecule has 0 amide bonds. The van der Waals surface area contributed by atoms with Crippen molar-refractivity contribution in [3.8, 4) is 0 Å². The maximum absolute atomic E-state index is 14.1. The molecule has 1 aromatic rings. The van der Waals surface area contributed by atoms with Crippen molar-refractivity contribution >= 4 is 5.69 Å². The first-order valence-corrected chi connectivity index (χ1v) is 6.17. The predicted octanol–water partition coefficient (Wildman–Crippen LogP) is 2.71. The van der Waals surface area contributed by atoms with E-state index in [1.54, 1.807) is 0 Å². The molecule has 1 atom stereocenters. The Bertz CT molecular complexity index is 415. The van der Waals surface area contributed by atoms with Crippen molar-refractivity contribution in [3.05, 3.63) is 29.6 Å². The van der Waals surface area contributed by atoms with Crippen molar-refractivity contribution in [2.24, 2.45) is 0 Å². The number of nitrogens with zero attached hydrogens (tertiary/aromatic N) is 1. The lowest BCUT2D eigenvalue weighted by Gasteiger charge is -2.44. The molecule has 1 aromatic carbocycles. The Morgan fingerprint density at radius 1 is 1.41 bits per heavy atom. The van der Waals surface area contributed by atoms with Crippen molar-refractivity contribution in [2.75, 3.05) is 18.0 Å². The Hall–Kier alpha value is -1.09. The Labute approximate surface area is 103 Å². The minimum atomic E-state index is -0.0861. The Morgan fingerprint density at radius 2 is 2.12 bits per heavy atom. The zero-order chi connectivity index (χ0) is 12.6. The summed E-state index contributed by atoms with van der Waals surface area (Å²) in [6.45, 7) is 9.97. The second kappa shape index (κ2) is 4.30. The van der Waals surface area contributed by atoms with Gasteiger partial charge in [-0.1, -0.05) is 12.1 Å². The maximum atomic E-state index is 14.1. The number of anilines is 1. The van der Waals surface area contributed by atoms with Gasteiger partial charge >= 0.3 is 0 Å². The van der Waals surface area contributed by atoms with Crippen LogP contribution in [0, 0.1) is 12.7 Å². The van der Waals surface area contributed by atoms with E-state index in [2.05, 4.69) is 31.0 Å². The van der Waals surface area contributed by atoms with Crippen molar-refractivity contribution in [2.45, 2.75) is 39.3 Å². The van der Waals surface area contributed by atoms with Crippen LogP contribution >= 0.6 is 0 Å². The first-order valence-electron chi connectivity index (χ1n) is 6.17. The normalized spacial score (nSPS) is 23.8. The summed E-state index contributed by atoms with van der Waals surface area (Å²) in [7, 11) is 0. The van der Waals surface area contributed by atoms with Gasteiger partial charge < -0.3 is 10.2 Å². The number of nitrogens with one attached hydrogen (secondary N) is 1. The largest absolute Gasteiger partial charge is 0.363 e. The van der Waals surface area contributed by atoms with Gasteiger partial charge in [-0.2, -0.15) is 0 Å². The van der Waals surface area contributed by atoms with Crippen molar-refractivity contribution in [1.29, 1.82) is 0 Å². The minimum absolute atomic E-state index is 0.0305. The summed E-state index contributed by atoms with van der Waals surface area (Å²) in [6.07, 6.45) is 0.